The Bertz CT molecular complexity index is 223. The van der Waals surface area contributed by atoms with E-state index < -0.39 is 5.60 Å². The number of hydrogen-bond donors (Lipinski definition) is 2. The standard InChI is InChI=1S/C11H22N2O2/c1-11(2,3)15-10(14)13-9-6-5-8(9)7-12-4/h8-9,12H,5-7H2,1-4H3,(H,13,14). The molecule has 88 valence electrons. The lowest BCUT2D eigenvalue weighted by Gasteiger charge is -2.37. The summed E-state index contributed by atoms with van der Waals surface area (Å²) in [5.74, 6) is 0.558. The summed E-state index contributed by atoms with van der Waals surface area (Å²) < 4.78 is 5.20. The zero-order chi connectivity index (χ0) is 11.5. The van der Waals surface area contributed by atoms with Crippen LogP contribution >= 0.6 is 0 Å². The summed E-state index contributed by atoms with van der Waals surface area (Å²) >= 11 is 0. The van der Waals surface area contributed by atoms with Gasteiger partial charge in [-0.05, 0) is 53.1 Å². The van der Waals surface area contributed by atoms with Gasteiger partial charge in [0.25, 0.3) is 0 Å². The molecule has 1 fully saturated rings. The van der Waals surface area contributed by atoms with Gasteiger partial charge in [0.2, 0.25) is 0 Å². The third-order valence-electron chi connectivity index (χ3n) is 2.59. The van der Waals surface area contributed by atoms with Crippen molar-refractivity contribution in [2.75, 3.05) is 13.6 Å². The van der Waals surface area contributed by atoms with E-state index in [1.807, 2.05) is 27.8 Å². The van der Waals surface area contributed by atoms with Gasteiger partial charge in [-0.2, -0.15) is 0 Å². The molecule has 4 heteroatoms. The fourth-order valence-corrected chi connectivity index (χ4v) is 1.72. The molecule has 0 saturated heterocycles. The van der Waals surface area contributed by atoms with E-state index in [1.54, 1.807) is 0 Å². The molecule has 1 rings (SSSR count). The maximum Gasteiger partial charge on any atom is 0.407 e. The second kappa shape index (κ2) is 4.84. The Labute approximate surface area is 91.8 Å². The van der Waals surface area contributed by atoms with Crippen LogP contribution in [0.2, 0.25) is 0 Å². The van der Waals surface area contributed by atoms with E-state index in [4.69, 9.17) is 4.74 Å². The molecule has 2 atom stereocenters. The molecular formula is C11H22N2O2. The molecule has 1 amide bonds. The van der Waals surface area contributed by atoms with Crippen LogP contribution < -0.4 is 10.6 Å². The van der Waals surface area contributed by atoms with E-state index in [0.29, 0.717) is 5.92 Å². The fourth-order valence-electron chi connectivity index (χ4n) is 1.72. The van der Waals surface area contributed by atoms with Gasteiger partial charge in [-0.15, -0.1) is 0 Å². The predicted octanol–water partition coefficient (Wildman–Crippen LogP) is 1.51. The van der Waals surface area contributed by atoms with E-state index in [1.165, 1.54) is 6.42 Å². The summed E-state index contributed by atoms with van der Waals surface area (Å²) in [6, 6.07) is 0.285. The highest BCUT2D eigenvalue weighted by Crippen LogP contribution is 2.26. The third-order valence-corrected chi connectivity index (χ3v) is 2.59. The van der Waals surface area contributed by atoms with Gasteiger partial charge >= 0.3 is 6.09 Å². The van der Waals surface area contributed by atoms with Crippen LogP contribution in [0.4, 0.5) is 4.79 Å². The first kappa shape index (κ1) is 12.3. The minimum atomic E-state index is -0.410. The molecule has 15 heavy (non-hydrogen) atoms. The summed E-state index contributed by atoms with van der Waals surface area (Å²) in [6.07, 6.45) is 1.95. The van der Waals surface area contributed by atoms with Crippen LogP contribution in [-0.2, 0) is 4.74 Å². The number of hydrogen-bond acceptors (Lipinski definition) is 3. The first-order valence-electron chi connectivity index (χ1n) is 5.56. The monoisotopic (exact) mass is 214 g/mol. The molecule has 0 spiro atoms. The summed E-state index contributed by atoms with van der Waals surface area (Å²) in [4.78, 5) is 11.5. The van der Waals surface area contributed by atoms with Crippen molar-refractivity contribution in [2.45, 2.75) is 45.3 Å². The fraction of sp³-hybridized carbons (Fsp3) is 0.909. The van der Waals surface area contributed by atoms with Crippen LogP contribution in [0.5, 0.6) is 0 Å². The SMILES string of the molecule is CNCC1CCC1NC(=O)OC(C)(C)C. The van der Waals surface area contributed by atoms with Gasteiger partial charge in [0.15, 0.2) is 0 Å². The topological polar surface area (TPSA) is 50.4 Å². The quantitative estimate of drug-likeness (QED) is 0.748. The molecule has 0 aromatic carbocycles. The van der Waals surface area contributed by atoms with Crippen molar-refractivity contribution in [3.8, 4) is 0 Å². The maximum absolute atomic E-state index is 11.5. The van der Waals surface area contributed by atoms with Crippen molar-refractivity contribution in [1.82, 2.24) is 10.6 Å². The van der Waals surface area contributed by atoms with Gasteiger partial charge in [-0.25, -0.2) is 4.79 Å². The first-order chi connectivity index (χ1) is 6.92. The van der Waals surface area contributed by atoms with E-state index in [2.05, 4.69) is 10.6 Å². The van der Waals surface area contributed by atoms with Crippen LogP contribution in [0.15, 0.2) is 0 Å². The molecule has 2 unspecified atom stereocenters. The van der Waals surface area contributed by atoms with Gasteiger partial charge in [0.05, 0.1) is 0 Å². The predicted molar refractivity (Wildman–Crippen MR) is 59.8 cm³/mol. The van der Waals surface area contributed by atoms with Gasteiger partial charge < -0.3 is 15.4 Å². The summed E-state index contributed by atoms with van der Waals surface area (Å²) in [6.45, 7) is 6.58. The lowest BCUT2D eigenvalue weighted by Crippen LogP contribution is -2.51. The molecule has 0 heterocycles. The van der Waals surface area contributed by atoms with Crippen molar-refractivity contribution in [2.24, 2.45) is 5.92 Å². The molecule has 2 N–H and O–H groups in total. The number of ether oxygens (including phenoxy) is 1. The Morgan fingerprint density at radius 1 is 1.40 bits per heavy atom. The van der Waals surface area contributed by atoms with E-state index in [0.717, 1.165) is 13.0 Å². The zero-order valence-electron chi connectivity index (χ0n) is 10.1. The largest absolute Gasteiger partial charge is 0.444 e. The second-order valence-corrected chi connectivity index (χ2v) is 5.15. The molecule has 0 aromatic rings. The Kier molecular flexibility index (Phi) is 3.97. The van der Waals surface area contributed by atoms with Crippen LogP contribution in [0.3, 0.4) is 0 Å². The minimum Gasteiger partial charge on any atom is -0.444 e. The lowest BCUT2D eigenvalue weighted by atomic mass is 9.79. The highest BCUT2D eigenvalue weighted by atomic mass is 16.6. The number of carbonyl (C=O) groups is 1. The Morgan fingerprint density at radius 2 is 2.07 bits per heavy atom. The van der Waals surface area contributed by atoms with Crippen molar-refractivity contribution in [3.63, 3.8) is 0 Å². The Balaban J connectivity index is 2.27. The number of nitrogens with one attached hydrogen (secondary N) is 2. The van der Waals surface area contributed by atoms with Gasteiger partial charge in [0.1, 0.15) is 5.60 Å². The summed E-state index contributed by atoms with van der Waals surface area (Å²) in [7, 11) is 1.93. The lowest BCUT2D eigenvalue weighted by molar-refractivity contribution is 0.0437. The smallest absolute Gasteiger partial charge is 0.407 e. The number of rotatable bonds is 3. The number of carbonyl (C=O) groups excluding carboxylic acids is 1. The average molecular weight is 214 g/mol. The van der Waals surface area contributed by atoms with Crippen molar-refractivity contribution in [1.29, 1.82) is 0 Å². The number of alkyl carbamates (subject to hydrolysis) is 1. The third kappa shape index (κ3) is 4.08. The van der Waals surface area contributed by atoms with E-state index in [9.17, 15) is 4.79 Å². The van der Waals surface area contributed by atoms with Crippen molar-refractivity contribution < 1.29 is 9.53 Å². The van der Waals surface area contributed by atoms with Gasteiger partial charge in [-0.3, -0.25) is 0 Å². The molecule has 0 aromatic heterocycles. The Hall–Kier alpha value is -0.770. The Morgan fingerprint density at radius 3 is 2.47 bits per heavy atom. The summed E-state index contributed by atoms with van der Waals surface area (Å²) in [5, 5.41) is 6.04. The van der Waals surface area contributed by atoms with Crippen LogP contribution in [0.25, 0.3) is 0 Å². The first-order valence-corrected chi connectivity index (χ1v) is 5.56. The molecule has 0 aliphatic heterocycles. The van der Waals surface area contributed by atoms with Gasteiger partial charge in [0, 0.05) is 6.04 Å². The van der Waals surface area contributed by atoms with E-state index >= 15 is 0 Å². The maximum atomic E-state index is 11.5. The van der Waals surface area contributed by atoms with Gasteiger partial charge in [-0.1, -0.05) is 0 Å². The molecule has 4 nitrogen and oxygen atoms in total. The second-order valence-electron chi connectivity index (χ2n) is 5.15. The summed E-state index contributed by atoms with van der Waals surface area (Å²) in [5.41, 5.74) is -0.410. The molecule has 1 saturated carbocycles. The van der Waals surface area contributed by atoms with Crippen LogP contribution in [0.1, 0.15) is 33.6 Å². The molecule has 1 aliphatic carbocycles. The highest BCUT2D eigenvalue weighted by Gasteiger charge is 2.32. The normalized spacial score (nSPS) is 25.6. The zero-order valence-corrected chi connectivity index (χ0v) is 10.1. The molecule has 0 radical (unpaired) electrons. The average Bonchev–Trinajstić information content (AvgIpc) is 2.06. The molecule has 1 aliphatic rings. The molecule has 0 bridgehead atoms. The van der Waals surface area contributed by atoms with Crippen molar-refractivity contribution >= 4 is 6.09 Å². The van der Waals surface area contributed by atoms with E-state index in [-0.39, 0.29) is 12.1 Å². The number of amides is 1. The van der Waals surface area contributed by atoms with Crippen molar-refractivity contribution in [3.05, 3.63) is 0 Å². The molecular weight excluding hydrogens is 192 g/mol. The van der Waals surface area contributed by atoms with Crippen LogP contribution in [-0.4, -0.2) is 31.3 Å². The minimum absolute atomic E-state index is 0.285. The van der Waals surface area contributed by atoms with Crippen LogP contribution in [0, 0.1) is 5.92 Å². The highest BCUT2D eigenvalue weighted by molar-refractivity contribution is 5.68.